The highest BCUT2D eigenvalue weighted by Gasteiger charge is 2.34. The van der Waals surface area contributed by atoms with E-state index in [-0.39, 0.29) is 12.0 Å². The van der Waals surface area contributed by atoms with Gasteiger partial charge in [0.15, 0.2) is 0 Å². The fraction of sp³-hybridized carbons (Fsp3) is 0.636. The van der Waals surface area contributed by atoms with Crippen molar-refractivity contribution in [1.82, 2.24) is 15.3 Å². The summed E-state index contributed by atoms with van der Waals surface area (Å²) in [6.07, 6.45) is 6.84. The van der Waals surface area contributed by atoms with Crippen molar-refractivity contribution in [2.75, 3.05) is 0 Å². The lowest BCUT2D eigenvalue weighted by molar-refractivity contribution is 0.125. The normalized spacial score (nSPS) is 32.7. The molecule has 0 amide bonds. The predicted molar refractivity (Wildman–Crippen MR) is 55.6 cm³/mol. The number of aromatic nitrogens is 2. The van der Waals surface area contributed by atoms with E-state index in [2.05, 4.69) is 15.3 Å². The number of nitrogens with zero attached hydrogens (tertiary/aromatic N) is 2. The van der Waals surface area contributed by atoms with Gasteiger partial charge in [-0.25, -0.2) is 4.98 Å². The molecule has 1 aromatic rings. The molecular weight excluding hydrogens is 209 g/mol. The topological polar surface area (TPSA) is 47.0 Å². The third kappa shape index (κ3) is 1.87. The fourth-order valence-electron chi connectivity index (χ4n) is 2.65. The Balaban J connectivity index is 1.69. The first kappa shape index (κ1) is 9.96. The average Bonchev–Trinajstić information content (AvgIpc) is 2.62. The van der Waals surface area contributed by atoms with Gasteiger partial charge in [0.1, 0.15) is 12.4 Å². The summed E-state index contributed by atoms with van der Waals surface area (Å²) in [6, 6.07) is 1.07. The van der Waals surface area contributed by atoms with Crippen LogP contribution in [0.4, 0.5) is 4.39 Å². The van der Waals surface area contributed by atoms with Gasteiger partial charge in [-0.05, 0) is 25.7 Å². The molecule has 0 radical (unpaired) electrons. The van der Waals surface area contributed by atoms with Gasteiger partial charge in [-0.15, -0.1) is 0 Å². The second kappa shape index (κ2) is 3.97. The van der Waals surface area contributed by atoms with E-state index in [0.717, 1.165) is 19.0 Å². The zero-order chi connectivity index (χ0) is 11.0. The van der Waals surface area contributed by atoms with E-state index in [1.807, 2.05) is 0 Å². The minimum Gasteiger partial charge on any atom is -0.472 e. The first-order chi connectivity index (χ1) is 7.81. The van der Waals surface area contributed by atoms with Gasteiger partial charge < -0.3 is 10.1 Å². The molecule has 0 spiro atoms. The summed E-state index contributed by atoms with van der Waals surface area (Å²) >= 11 is 0. The number of piperidine rings is 1. The summed E-state index contributed by atoms with van der Waals surface area (Å²) in [5.74, 6) is -0.394. The van der Waals surface area contributed by atoms with Crippen molar-refractivity contribution >= 4 is 0 Å². The Morgan fingerprint density at radius 2 is 2.06 bits per heavy atom. The van der Waals surface area contributed by atoms with Crippen molar-refractivity contribution in [1.29, 1.82) is 0 Å². The molecule has 0 aromatic carbocycles. The number of ether oxygens (including phenoxy) is 1. The van der Waals surface area contributed by atoms with Crippen LogP contribution in [-0.2, 0) is 0 Å². The van der Waals surface area contributed by atoms with Crippen LogP contribution in [0.5, 0.6) is 5.88 Å². The molecule has 2 aliphatic rings. The molecule has 2 unspecified atom stereocenters. The molecule has 2 atom stereocenters. The lowest BCUT2D eigenvalue weighted by Gasteiger charge is -2.29. The molecule has 3 rings (SSSR count). The highest BCUT2D eigenvalue weighted by atomic mass is 19.1. The van der Waals surface area contributed by atoms with Gasteiger partial charge in [-0.3, -0.25) is 0 Å². The summed E-state index contributed by atoms with van der Waals surface area (Å²) in [4.78, 5) is 7.42. The first-order valence-electron chi connectivity index (χ1n) is 5.69. The van der Waals surface area contributed by atoms with Crippen molar-refractivity contribution < 1.29 is 9.13 Å². The standard InChI is InChI=1S/C11H14FN3O/c12-10-5-13-6-14-11(10)16-9-3-7-1-2-8(4-9)15-7/h5-9,15H,1-4H2. The minimum atomic E-state index is -0.478. The van der Waals surface area contributed by atoms with Gasteiger partial charge in [0.2, 0.25) is 5.82 Å². The highest BCUT2D eigenvalue weighted by molar-refractivity contribution is 5.09. The Hall–Kier alpha value is -1.23. The average molecular weight is 223 g/mol. The van der Waals surface area contributed by atoms with Gasteiger partial charge in [0.25, 0.3) is 5.88 Å². The van der Waals surface area contributed by atoms with Crippen LogP contribution in [0.25, 0.3) is 0 Å². The summed E-state index contributed by atoms with van der Waals surface area (Å²) < 4.78 is 18.9. The second-order valence-electron chi connectivity index (χ2n) is 4.52. The number of rotatable bonds is 2. The van der Waals surface area contributed by atoms with Crippen LogP contribution < -0.4 is 10.1 Å². The number of nitrogens with one attached hydrogen (secondary N) is 1. The van der Waals surface area contributed by atoms with Crippen LogP contribution in [0.15, 0.2) is 12.5 Å². The van der Waals surface area contributed by atoms with E-state index >= 15 is 0 Å². The second-order valence-corrected chi connectivity index (χ2v) is 4.52. The van der Waals surface area contributed by atoms with E-state index in [9.17, 15) is 4.39 Å². The molecule has 2 fully saturated rings. The number of halogens is 1. The Labute approximate surface area is 93.2 Å². The van der Waals surface area contributed by atoms with Gasteiger partial charge in [-0.2, -0.15) is 9.37 Å². The molecule has 1 aromatic heterocycles. The molecule has 0 aliphatic carbocycles. The Kier molecular flexibility index (Phi) is 2.47. The lowest BCUT2D eigenvalue weighted by Crippen LogP contribution is -2.42. The maximum atomic E-state index is 13.3. The van der Waals surface area contributed by atoms with Gasteiger partial charge >= 0.3 is 0 Å². The summed E-state index contributed by atoms with van der Waals surface area (Å²) in [7, 11) is 0. The third-order valence-corrected chi connectivity index (χ3v) is 3.34. The molecule has 16 heavy (non-hydrogen) atoms. The number of fused-ring (bicyclic) bond motifs is 2. The van der Waals surface area contributed by atoms with E-state index in [0.29, 0.717) is 12.1 Å². The van der Waals surface area contributed by atoms with Crippen molar-refractivity contribution in [3.8, 4) is 5.88 Å². The number of hydrogen-bond donors (Lipinski definition) is 1. The van der Waals surface area contributed by atoms with E-state index in [1.165, 1.54) is 19.2 Å². The Morgan fingerprint density at radius 3 is 2.75 bits per heavy atom. The van der Waals surface area contributed by atoms with Crippen molar-refractivity contribution in [3.63, 3.8) is 0 Å². The van der Waals surface area contributed by atoms with Crippen LogP contribution in [0, 0.1) is 5.82 Å². The highest BCUT2D eigenvalue weighted by Crippen LogP contribution is 2.29. The number of hydrogen-bond acceptors (Lipinski definition) is 4. The fourth-order valence-corrected chi connectivity index (χ4v) is 2.65. The molecule has 86 valence electrons. The Morgan fingerprint density at radius 1 is 1.31 bits per heavy atom. The monoisotopic (exact) mass is 223 g/mol. The van der Waals surface area contributed by atoms with Crippen molar-refractivity contribution in [2.45, 2.75) is 43.9 Å². The summed E-state index contributed by atoms with van der Waals surface area (Å²) in [5, 5.41) is 3.51. The maximum absolute atomic E-state index is 13.3. The largest absolute Gasteiger partial charge is 0.472 e. The quantitative estimate of drug-likeness (QED) is 0.820. The van der Waals surface area contributed by atoms with Crippen LogP contribution in [0.2, 0.25) is 0 Å². The SMILES string of the molecule is Fc1cncnc1OC1CC2CCC(C1)N2. The van der Waals surface area contributed by atoms with E-state index in [1.54, 1.807) is 0 Å². The molecule has 2 aliphatic heterocycles. The van der Waals surface area contributed by atoms with Crippen LogP contribution in [0.1, 0.15) is 25.7 Å². The molecule has 1 N–H and O–H groups in total. The molecule has 4 nitrogen and oxygen atoms in total. The van der Waals surface area contributed by atoms with Gasteiger partial charge in [0, 0.05) is 12.1 Å². The predicted octanol–water partition coefficient (Wildman–Crippen LogP) is 1.28. The molecule has 2 bridgehead atoms. The van der Waals surface area contributed by atoms with Gasteiger partial charge in [-0.1, -0.05) is 0 Å². The minimum absolute atomic E-state index is 0.0845. The lowest BCUT2D eigenvalue weighted by atomic mass is 10.0. The van der Waals surface area contributed by atoms with Crippen LogP contribution in [0.3, 0.4) is 0 Å². The molecule has 5 heteroatoms. The first-order valence-corrected chi connectivity index (χ1v) is 5.69. The van der Waals surface area contributed by atoms with Crippen molar-refractivity contribution in [2.24, 2.45) is 0 Å². The Bertz CT molecular complexity index is 375. The summed E-state index contributed by atoms with van der Waals surface area (Å²) in [5.41, 5.74) is 0. The van der Waals surface area contributed by atoms with Crippen LogP contribution >= 0.6 is 0 Å². The van der Waals surface area contributed by atoms with Gasteiger partial charge in [0.05, 0.1) is 6.20 Å². The van der Waals surface area contributed by atoms with Crippen LogP contribution in [-0.4, -0.2) is 28.2 Å². The van der Waals surface area contributed by atoms with E-state index < -0.39 is 5.82 Å². The molecule has 2 saturated heterocycles. The third-order valence-electron chi connectivity index (χ3n) is 3.34. The van der Waals surface area contributed by atoms with Crippen molar-refractivity contribution in [3.05, 3.63) is 18.3 Å². The molecular formula is C11H14FN3O. The molecule has 0 saturated carbocycles. The zero-order valence-electron chi connectivity index (χ0n) is 8.90. The smallest absolute Gasteiger partial charge is 0.253 e. The zero-order valence-corrected chi connectivity index (χ0v) is 8.90. The summed E-state index contributed by atoms with van der Waals surface area (Å²) in [6.45, 7) is 0. The van der Waals surface area contributed by atoms with E-state index in [4.69, 9.17) is 4.74 Å². The maximum Gasteiger partial charge on any atom is 0.253 e. The molecule has 3 heterocycles.